The Balaban J connectivity index is 3.69. The summed E-state index contributed by atoms with van der Waals surface area (Å²) in [5, 5.41) is 0. The number of hydrogen-bond acceptors (Lipinski definition) is 4. The number of benzene rings is 1. The number of hydrogen-bond donors (Lipinski definition) is 0. The summed E-state index contributed by atoms with van der Waals surface area (Å²) < 4.78 is 0. The van der Waals surface area contributed by atoms with Gasteiger partial charge in [0.15, 0.2) is 0 Å². The molecule has 0 fully saturated rings. The predicted molar refractivity (Wildman–Crippen MR) is 65.5 cm³/mol. The average molecular weight is 230 g/mol. The summed E-state index contributed by atoms with van der Waals surface area (Å²) in [5.41, 5.74) is 3.88. The molecule has 88 valence electrons. The van der Waals surface area contributed by atoms with Crippen molar-refractivity contribution >= 4 is 23.5 Å². The zero-order valence-electron chi connectivity index (χ0n) is 10.2. The van der Waals surface area contributed by atoms with Crippen LogP contribution >= 0.6 is 0 Å². The van der Waals surface area contributed by atoms with Crippen LogP contribution in [0.5, 0.6) is 0 Å². The minimum Gasteiger partial charge on any atom is -0.211 e. The lowest BCUT2D eigenvalue weighted by Crippen LogP contribution is -1.94. The molecule has 0 unspecified atom stereocenters. The molecular formula is C13H14N2O2. The van der Waals surface area contributed by atoms with E-state index in [1.807, 2.05) is 26.8 Å². The molecule has 1 aromatic carbocycles. The fraction of sp³-hybridized carbons (Fsp3) is 0.385. The van der Waals surface area contributed by atoms with Crippen LogP contribution in [0, 0.1) is 6.92 Å². The molecule has 1 aromatic rings. The summed E-state index contributed by atoms with van der Waals surface area (Å²) in [6.45, 7) is 5.83. The van der Waals surface area contributed by atoms with Gasteiger partial charge in [-0.25, -0.2) is 9.59 Å². The van der Waals surface area contributed by atoms with Crippen LogP contribution in [0.15, 0.2) is 16.1 Å². The Bertz CT molecular complexity index is 523. The number of aryl methyl sites for hydroxylation is 1. The number of aliphatic imine (C=N–C) groups is 2. The van der Waals surface area contributed by atoms with Crippen LogP contribution < -0.4 is 0 Å². The molecule has 0 amide bonds. The van der Waals surface area contributed by atoms with Gasteiger partial charge in [0.1, 0.15) is 0 Å². The zero-order chi connectivity index (χ0) is 12.8. The zero-order valence-corrected chi connectivity index (χ0v) is 10.2. The van der Waals surface area contributed by atoms with Crippen LogP contribution in [-0.4, -0.2) is 12.2 Å². The van der Waals surface area contributed by atoms with Crippen molar-refractivity contribution in [2.24, 2.45) is 9.98 Å². The minimum atomic E-state index is 0.534. The molecule has 0 heterocycles. The molecule has 4 nitrogen and oxygen atoms in total. The Labute approximate surface area is 100 Å². The van der Waals surface area contributed by atoms with E-state index in [4.69, 9.17) is 0 Å². The number of isocyanates is 2. The smallest absolute Gasteiger partial charge is 0.211 e. The lowest BCUT2D eigenvalue weighted by Gasteiger charge is -2.12. The van der Waals surface area contributed by atoms with E-state index < -0.39 is 0 Å². The van der Waals surface area contributed by atoms with E-state index in [9.17, 15) is 9.59 Å². The van der Waals surface area contributed by atoms with Crippen molar-refractivity contribution in [3.8, 4) is 0 Å². The van der Waals surface area contributed by atoms with Gasteiger partial charge in [-0.05, 0) is 37.0 Å². The largest absolute Gasteiger partial charge is 0.240 e. The molecule has 0 atom stereocenters. The maximum absolute atomic E-state index is 10.5. The number of nitrogens with zero attached hydrogens (tertiary/aromatic N) is 2. The predicted octanol–water partition coefficient (Wildman–Crippen LogP) is 3.05. The molecule has 0 N–H and O–H groups in total. The molecular weight excluding hydrogens is 216 g/mol. The van der Waals surface area contributed by atoms with Gasteiger partial charge in [0.2, 0.25) is 12.2 Å². The molecule has 0 radical (unpaired) electrons. The van der Waals surface area contributed by atoms with Gasteiger partial charge >= 0.3 is 0 Å². The Morgan fingerprint density at radius 3 is 2.12 bits per heavy atom. The third kappa shape index (κ3) is 2.56. The van der Waals surface area contributed by atoms with E-state index in [1.54, 1.807) is 6.08 Å². The summed E-state index contributed by atoms with van der Waals surface area (Å²) in [4.78, 5) is 28.3. The standard InChI is InChI=1S/C13H14N2O2/c1-4-10-9(3)6-12(14-7-16)11(5-2)13(10)15-8-17/h6H,4-5H2,1-3H3. The highest BCUT2D eigenvalue weighted by molar-refractivity contribution is 5.71. The monoisotopic (exact) mass is 230 g/mol. The Kier molecular flexibility index (Phi) is 4.53. The maximum atomic E-state index is 10.5. The van der Waals surface area contributed by atoms with Crippen molar-refractivity contribution in [1.29, 1.82) is 0 Å². The second-order valence-corrected chi connectivity index (χ2v) is 3.63. The van der Waals surface area contributed by atoms with Crippen LogP contribution in [0.4, 0.5) is 11.4 Å². The van der Waals surface area contributed by atoms with Gasteiger partial charge in [-0.15, -0.1) is 0 Å². The van der Waals surface area contributed by atoms with E-state index >= 15 is 0 Å². The first-order chi connectivity index (χ1) is 8.19. The van der Waals surface area contributed by atoms with Crippen LogP contribution in [0.3, 0.4) is 0 Å². The lowest BCUT2D eigenvalue weighted by atomic mass is 9.96. The van der Waals surface area contributed by atoms with E-state index in [1.165, 1.54) is 6.08 Å². The van der Waals surface area contributed by atoms with Gasteiger partial charge in [0.05, 0.1) is 11.4 Å². The van der Waals surface area contributed by atoms with Crippen LogP contribution in [0.2, 0.25) is 0 Å². The van der Waals surface area contributed by atoms with Gasteiger partial charge in [0, 0.05) is 5.56 Å². The molecule has 0 aliphatic rings. The van der Waals surface area contributed by atoms with E-state index in [0.29, 0.717) is 17.8 Å². The molecule has 0 aliphatic carbocycles. The minimum absolute atomic E-state index is 0.534. The fourth-order valence-electron chi connectivity index (χ4n) is 1.99. The third-order valence-corrected chi connectivity index (χ3v) is 2.74. The highest BCUT2D eigenvalue weighted by Gasteiger charge is 2.13. The molecule has 0 aliphatic heterocycles. The van der Waals surface area contributed by atoms with Crippen molar-refractivity contribution in [2.45, 2.75) is 33.6 Å². The molecule has 4 heteroatoms. The highest BCUT2D eigenvalue weighted by Crippen LogP contribution is 2.35. The van der Waals surface area contributed by atoms with E-state index in [2.05, 4.69) is 9.98 Å². The van der Waals surface area contributed by atoms with Gasteiger partial charge in [0.25, 0.3) is 0 Å². The Hall–Kier alpha value is -2.02. The normalized spacial score (nSPS) is 9.35. The van der Waals surface area contributed by atoms with Crippen LogP contribution in [0.1, 0.15) is 30.5 Å². The Morgan fingerprint density at radius 2 is 1.65 bits per heavy atom. The molecule has 1 rings (SSSR count). The molecule has 0 spiro atoms. The summed E-state index contributed by atoms with van der Waals surface area (Å²) in [6, 6.07) is 1.83. The Morgan fingerprint density at radius 1 is 1.06 bits per heavy atom. The first kappa shape index (κ1) is 13.0. The van der Waals surface area contributed by atoms with Crippen molar-refractivity contribution < 1.29 is 9.59 Å². The fourth-order valence-corrected chi connectivity index (χ4v) is 1.99. The van der Waals surface area contributed by atoms with E-state index in [-0.39, 0.29) is 0 Å². The SMILES string of the molecule is CCc1c(C)cc(N=C=O)c(CC)c1N=C=O. The van der Waals surface area contributed by atoms with E-state index in [0.717, 1.165) is 23.1 Å². The first-order valence-electron chi connectivity index (χ1n) is 5.50. The quantitative estimate of drug-likeness (QED) is 0.589. The van der Waals surface area contributed by atoms with Crippen molar-refractivity contribution in [3.63, 3.8) is 0 Å². The number of rotatable bonds is 4. The van der Waals surface area contributed by atoms with Gasteiger partial charge in [-0.1, -0.05) is 13.8 Å². The van der Waals surface area contributed by atoms with Gasteiger partial charge < -0.3 is 0 Å². The average Bonchev–Trinajstić information content (AvgIpc) is 2.30. The lowest BCUT2D eigenvalue weighted by molar-refractivity contribution is 0.565. The maximum Gasteiger partial charge on any atom is 0.240 e. The van der Waals surface area contributed by atoms with Crippen molar-refractivity contribution in [2.75, 3.05) is 0 Å². The molecule has 17 heavy (non-hydrogen) atoms. The topological polar surface area (TPSA) is 58.9 Å². The molecule has 0 saturated heterocycles. The number of carbonyl (C=O) groups excluding carboxylic acids is 2. The molecule has 0 saturated carbocycles. The second-order valence-electron chi connectivity index (χ2n) is 3.63. The summed E-state index contributed by atoms with van der Waals surface area (Å²) in [7, 11) is 0. The van der Waals surface area contributed by atoms with Crippen LogP contribution in [-0.2, 0) is 22.4 Å². The van der Waals surface area contributed by atoms with Gasteiger partial charge in [-0.2, -0.15) is 9.98 Å². The summed E-state index contributed by atoms with van der Waals surface area (Å²) >= 11 is 0. The second kappa shape index (κ2) is 5.90. The summed E-state index contributed by atoms with van der Waals surface area (Å²) in [6.07, 6.45) is 4.51. The van der Waals surface area contributed by atoms with Gasteiger partial charge in [-0.3, -0.25) is 0 Å². The van der Waals surface area contributed by atoms with Crippen molar-refractivity contribution in [3.05, 3.63) is 22.8 Å². The third-order valence-electron chi connectivity index (χ3n) is 2.74. The van der Waals surface area contributed by atoms with Crippen molar-refractivity contribution in [1.82, 2.24) is 0 Å². The van der Waals surface area contributed by atoms with Crippen LogP contribution in [0.25, 0.3) is 0 Å². The highest BCUT2D eigenvalue weighted by atomic mass is 16.1. The summed E-state index contributed by atoms with van der Waals surface area (Å²) in [5.74, 6) is 0. The molecule has 0 aromatic heterocycles. The molecule has 0 bridgehead atoms. The first-order valence-corrected chi connectivity index (χ1v) is 5.50.